The maximum atomic E-state index is 12.6. The van der Waals surface area contributed by atoms with E-state index in [0.29, 0.717) is 23.5 Å². The number of carbonyl (C=O) groups excluding carboxylic acids is 2. The highest BCUT2D eigenvalue weighted by Gasteiger charge is 2.31. The third kappa shape index (κ3) is 5.81. The van der Waals surface area contributed by atoms with Crippen molar-refractivity contribution < 1.29 is 14.3 Å². The molecule has 0 radical (unpaired) electrons. The summed E-state index contributed by atoms with van der Waals surface area (Å²) < 4.78 is 5.44. The van der Waals surface area contributed by atoms with Crippen LogP contribution in [0.1, 0.15) is 30.6 Å². The van der Waals surface area contributed by atoms with E-state index in [1.165, 1.54) is 0 Å². The number of nitrogens with one attached hydrogen (secondary N) is 3. The number of rotatable bonds is 7. The Hall–Kier alpha value is -2.90. The Kier molecular flexibility index (Phi) is 7.43. The van der Waals surface area contributed by atoms with E-state index >= 15 is 0 Å². The van der Waals surface area contributed by atoms with Gasteiger partial charge in [-0.1, -0.05) is 25.1 Å². The van der Waals surface area contributed by atoms with Crippen LogP contribution in [0.15, 0.2) is 54.6 Å². The smallest absolute Gasteiger partial charge is 0.323 e. The van der Waals surface area contributed by atoms with Crippen LogP contribution in [-0.4, -0.2) is 55.2 Å². The maximum Gasteiger partial charge on any atom is 0.323 e. The van der Waals surface area contributed by atoms with E-state index in [-0.39, 0.29) is 17.5 Å². The molecule has 3 rings (SSSR count). The van der Waals surface area contributed by atoms with Crippen molar-refractivity contribution in [2.75, 3.05) is 43.5 Å². The van der Waals surface area contributed by atoms with Crippen molar-refractivity contribution in [1.29, 1.82) is 0 Å². The molecule has 3 amide bonds. The van der Waals surface area contributed by atoms with Crippen LogP contribution in [0.3, 0.4) is 0 Å². The van der Waals surface area contributed by atoms with E-state index in [4.69, 9.17) is 4.74 Å². The number of nitrogens with zero attached hydrogens (tertiary/aromatic N) is 1. The van der Waals surface area contributed by atoms with E-state index in [2.05, 4.69) is 34.7 Å². The van der Waals surface area contributed by atoms with Crippen LogP contribution in [0.5, 0.6) is 0 Å². The number of hydrogen-bond donors (Lipinski definition) is 3. The van der Waals surface area contributed by atoms with Gasteiger partial charge in [-0.25, -0.2) is 4.79 Å². The lowest BCUT2D eigenvalue weighted by molar-refractivity contribution is -0.0169. The second-order valence-corrected chi connectivity index (χ2v) is 7.66. The molecule has 1 saturated heterocycles. The number of urea groups is 1. The summed E-state index contributed by atoms with van der Waals surface area (Å²) in [6, 6.07) is 15.8. The molecule has 3 N–H and O–H groups in total. The molecule has 30 heavy (non-hydrogen) atoms. The molecule has 0 bridgehead atoms. The highest BCUT2D eigenvalue weighted by Crippen LogP contribution is 2.20. The first-order valence-corrected chi connectivity index (χ1v) is 10.3. The maximum absolute atomic E-state index is 12.6. The molecule has 160 valence electrons. The lowest BCUT2D eigenvalue weighted by atomic mass is 9.95. The van der Waals surface area contributed by atoms with Crippen LogP contribution < -0.4 is 16.0 Å². The van der Waals surface area contributed by atoms with Crippen molar-refractivity contribution in [2.45, 2.75) is 25.8 Å². The number of ether oxygens (including phenoxy) is 1. The van der Waals surface area contributed by atoms with Crippen molar-refractivity contribution in [3.63, 3.8) is 0 Å². The van der Waals surface area contributed by atoms with Gasteiger partial charge in [0.15, 0.2) is 0 Å². The largest absolute Gasteiger partial charge is 0.379 e. The zero-order valence-corrected chi connectivity index (χ0v) is 17.6. The van der Waals surface area contributed by atoms with Gasteiger partial charge in [-0.3, -0.25) is 9.69 Å². The van der Waals surface area contributed by atoms with Gasteiger partial charge in [0.05, 0.1) is 13.2 Å². The van der Waals surface area contributed by atoms with Gasteiger partial charge in [0.25, 0.3) is 5.91 Å². The number of carbonyl (C=O) groups is 2. The second-order valence-electron chi connectivity index (χ2n) is 7.66. The van der Waals surface area contributed by atoms with Crippen molar-refractivity contribution in [3.8, 4) is 0 Å². The Morgan fingerprint density at radius 1 is 0.967 bits per heavy atom. The average Bonchev–Trinajstić information content (AvgIpc) is 2.79. The summed E-state index contributed by atoms with van der Waals surface area (Å²) >= 11 is 0. The van der Waals surface area contributed by atoms with Gasteiger partial charge in [-0.2, -0.15) is 0 Å². The van der Waals surface area contributed by atoms with Gasteiger partial charge >= 0.3 is 6.03 Å². The Morgan fingerprint density at radius 2 is 1.57 bits per heavy atom. The predicted molar refractivity (Wildman–Crippen MR) is 119 cm³/mol. The fraction of sp³-hybridized carbons (Fsp3) is 0.391. The summed E-state index contributed by atoms with van der Waals surface area (Å²) in [7, 11) is 0. The number of hydrogen-bond acceptors (Lipinski definition) is 4. The molecule has 7 heteroatoms. The van der Waals surface area contributed by atoms with Gasteiger partial charge in [0, 0.05) is 42.1 Å². The zero-order chi connectivity index (χ0) is 21.4. The number of anilines is 2. The summed E-state index contributed by atoms with van der Waals surface area (Å²) in [6.07, 6.45) is 0.937. The lowest BCUT2D eigenvalue weighted by Gasteiger charge is -2.43. The molecule has 1 aliphatic heterocycles. The number of morpholine rings is 1. The molecule has 1 fully saturated rings. The standard InChI is InChI=1S/C23H30N4O3/c1-3-23(2,27-13-15-30-16-14-27)17-24-21(28)18-9-11-20(12-10-18)26-22(29)25-19-7-5-4-6-8-19/h4-12H,3,13-17H2,1-2H3,(H,24,28)(H2,25,26,29). The Morgan fingerprint density at radius 3 is 2.17 bits per heavy atom. The van der Waals surface area contributed by atoms with Crippen LogP contribution in [0.25, 0.3) is 0 Å². The van der Waals surface area contributed by atoms with Crippen LogP contribution in [0.2, 0.25) is 0 Å². The third-order valence-electron chi connectivity index (χ3n) is 5.60. The predicted octanol–water partition coefficient (Wildman–Crippen LogP) is 3.56. The zero-order valence-electron chi connectivity index (χ0n) is 17.6. The second kappa shape index (κ2) is 10.2. The van der Waals surface area contributed by atoms with E-state index in [1.54, 1.807) is 24.3 Å². The van der Waals surface area contributed by atoms with Crippen LogP contribution >= 0.6 is 0 Å². The summed E-state index contributed by atoms with van der Waals surface area (Å²) in [5, 5.41) is 8.58. The first kappa shape index (κ1) is 21.8. The van der Waals surface area contributed by atoms with E-state index < -0.39 is 0 Å². The molecule has 0 aliphatic carbocycles. The minimum Gasteiger partial charge on any atom is -0.379 e. The number of para-hydroxylation sites is 1. The summed E-state index contributed by atoms with van der Waals surface area (Å²) in [4.78, 5) is 27.1. The minimum absolute atomic E-state index is 0.101. The molecule has 1 heterocycles. The average molecular weight is 411 g/mol. The van der Waals surface area contributed by atoms with Gasteiger partial charge in [-0.05, 0) is 49.7 Å². The molecule has 2 aromatic carbocycles. The minimum atomic E-state index is -0.331. The Bertz CT molecular complexity index is 835. The highest BCUT2D eigenvalue weighted by atomic mass is 16.5. The molecule has 2 aromatic rings. The SMILES string of the molecule is CCC(C)(CNC(=O)c1ccc(NC(=O)Nc2ccccc2)cc1)N1CCOCC1. The number of amides is 3. The van der Waals surface area contributed by atoms with Crippen molar-refractivity contribution in [1.82, 2.24) is 10.2 Å². The van der Waals surface area contributed by atoms with Gasteiger partial charge < -0.3 is 20.7 Å². The molecule has 1 atom stereocenters. The third-order valence-corrected chi connectivity index (χ3v) is 5.60. The van der Waals surface area contributed by atoms with Crippen molar-refractivity contribution in [2.24, 2.45) is 0 Å². The van der Waals surface area contributed by atoms with Gasteiger partial charge in [0.1, 0.15) is 0 Å². The molecule has 0 spiro atoms. The molecule has 7 nitrogen and oxygen atoms in total. The number of benzene rings is 2. The topological polar surface area (TPSA) is 82.7 Å². The Balaban J connectivity index is 1.52. The highest BCUT2D eigenvalue weighted by molar-refractivity contribution is 6.00. The Labute approximate surface area is 177 Å². The molecular formula is C23H30N4O3. The van der Waals surface area contributed by atoms with Crippen LogP contribution in [0.4, 0.5) is 16.2 Å². The normalized spacial score (nSPS) is 16.3. The van der Waals surface area contributed by atoms with E-state index in [0.717, 1.165) is 32.7 Å². The summed E-state index contributed by atoms with van der Waals surface area (Å²) in [6.45, 7) is 8.12. The monoisotopic (exact) mass is 410 g/mol. The molecule has 1 aliphatic rings. The molecular weight excluding hydrogens is 380 g/mol. The fourth-order valence-electron chi connectivity index (χ4n) is 3.46. The first-order chi connectivity index (χ1) is 14.5. The van der Waals surface area contributed by atoms with Crippen molar-refractivity contribution >= 4 is 23.3 Å². The van der Waals surface area contributed by atoms with Crippen LogP contribution in [0, 0.1) is 0 Å². The quantitative estimate of drug-likeness (QED) is 0.652. The van der Waals surface area contributed by atoms with Crippen molar-refractivity contribution in [3.05, 3.63) is 60.2 Å². The summed E-state index contributed by atoms with van der Waals surface area (Å²) in [5.41, 5.74) is 1.79. The lowest BCUT2D eigenvalue weighted by Crippen LogP contribution is -2.56. The van der Waals surface area contributed by atoms with E-state index in [9.17, 15) is 9.59 Å². The summed E-state index contributed by atoms with van der Waals surface area (Å²) in [5.74, 6) is -0.122. The molecule has 1 unspecified atom stereocenters. The van der Waals surface area contributed by atoms with Gasteiger partial charge in [0.2, 0.25) is 0 Å². The van der Waals surface area contributed by atoms with Gasteiger partial charge in [-0.15, -0.1) is 0 Å². The van der Waals surface area contributed by atoms with Crippen LogP contribution in [-0.2, 0) is 4.74 Å². The first-order valence-electron chi connectivity index (χ1n) is 10.3. The van der Waals surface area contributed by atoms with E-state index in [1.807, 2.05) is 30.3 Å². The fourth-order valence-corrected chi connectivity index (χ4v) is 3.46. The molecule has 0 saturated carbocycles. The molecule has 0 aromatic heterocycles.